The van der Waals surface area contributed by atoms with Crippen molar-refractivity contribution in [3.63, 3.8) is 0 Å². The Balaban J connectivity index is 2.16. The van der Waals surface area contributed by atoms with Gasteiger partial charge in [0.05, 0.1) is 11.6 Å². The second-order valence-corrected chi connectivity index (χ2v) is 5.47. The Kier molecular flexibility index (Phi) is 4.20. The summed E-state index contributed by atoms with van der Waals surface area (Å²) in [6.45, 7) is 1.97. The maximum atomic E-state index is 12.3. The highest BCUT2D eigenvalue weighted by Crippen LogP contribution is 2.24. The molecule has 1 heterocycles. The van der Waals surface area contributed by atoms with Gasteiger partial charge in [0, 0.05) is 17.5 Å². The molecular formula is C15H15NO3S. The third kappa shape index (κ3) is 2.88. The predicted molar refractivity (Wildman–Crippen MR) is 78.2 cm³/mol. The molecule has 104 valence electrons. The van der Waals surface area contributed by atoms with Crippen LogP contribution in [-0.2, 0) is 0 Å². The molecule has 0 bridgehead atoms. The lowest BCUT2D eigenvalue weighted by Crippen LogP contribution is -2.29. The van der Waals surface area contributed by atoms with E-state index in [9.17, 15) is 9.59 Å². The first-order chi connectivity index (χ1) is 9.50. The predicted octanol–water partition coefficient (Wildman–Crippen LogP) is 3.28. The minimum absolute atomic E-state index is 0.0124. The van der Waals surface area contributed by atoms with Crippen LogP contribution in [0.2, 0.25) is 0 Å². The SMILES string of the molecule is CC(c1cccs1)N(C)C(=O)c1ccc(C(=O)O)cc1. The number of nitrogens with zero attached hydrogens (tertiary/aromatic N) is 1. The highest BCUT2D eigenvalue weighted by atomic mass is 32.1. The molecule has 5 heteroatoms. The number of carboxylic acids is 1. The van der Waals surface area contributed by atoms with E-state index in [4.69, 9.17) is 5.11 Å². The zero-order valence-corrected chi connectivity index (χ0v) is 12.1. The summed E-state index contributed by atoms with van der Waals surface area (Å²) in [5.74, 6) is -1.12. The van der Waals surface area contributed by atoms with Gasteiger partial charge >= 0.3 is 5.97 Å². The smallest absolute Gasteiger partial charge is 0.335 e. The van der Waals surface area contributed by atoms with Crippen LogP contribution in [0, 0.1) is 0 Å². The first kappa shape index (κ1) is 14.3. The summed E-state index contributed by atoms with van der Waals surface area (Å²) >= 11 is 1.61. The third-order valence-corrected chi connectivity index (χ3v) is 4.28. The molecule has 4 nitrogen and oxygen atoms in total. The average molecular weight is 289 g/mol. The summed E-state index contributed by atoms with van der Waals surface area (Å²) in [6, 6.07) is 9.91. The lowest BCUT2D eigenvalue weighted by atomic mass is 10.1. The number of carboxylic acid groups (broad SMARTS) is 1. The Morgan fingerprint density at radius 1 is 1.15 bits per heavy atom. The molecule has 1 aromatic carbocycles. The first-order valence-electron chi connectivity index (χ1n) is 6.14. The van der Waals surface area contributed by atoms with Crippen molar-refractivity contribution >= 4 is 23.2 Å². The topological polar surface area (TPSA) is 57.6 Å². The van der Waals surface area contributed by atoms with Gasteiger partial charge in [-0.2, -0.15) is 0 Å². The molecule has 2 rings (SSSR count). The van der Waals surface area contributed by atoms with Gasteiger partial charge in [0.15, 0.2) is 0 Å². The summed E-state index contributed by atoms with van der Waals surface area (Å²) in [5, 5.41) is 10.8. The summed E-state index contributed by atoms with van der Waals surface area (Å²) in [5.41, 5.74) is 0.663. The van der Waals surface area contributed by atoms with E-state index in [-0.39, 0.29) is 17.5 Å². The summed E-state index contributed by atoms with van der Waals surface area (Å²) in [4.78, 5) is 25.9. The molecule has 0 saturated carbocycles. The second kappa shape index (κ2) is 5.88. The van der Waals surface area contributed by atoms with E-state index in [0.29, 0.717) is 5.56 Å². The number of hydrogen-bond donors (Lipinski definition) is 1. The van der Waals surface area contributed by atoms with Gasteiger partial charge in [-0.25, -0.2) is 4.79 Å². The van der Waals surface area contributed by atoms with Gasteiger partial charge in [-0.1, -0.05) is 6.07 Å². The van der Waals surface area contributed by atoms with Crippen molar-refractivity contribution in [1.82, 2.24) is 4.90 Å². The highest BCUT2D eigenvalue weighted by Gasteiger charge is 2.19. The lowest BCUT2D eigenvalue weighted by molar-refractivity contribution is 0.0693. The number of carbonyl (C=O) groups excluding carboxylic acids is 1. The van der Waals surface area contributed by atoms with Crippen LogP contribution in [0.5, 0.6) is 0 Å². The Hall–Kier alpha value is -2.14. The molecule has 0 radical (unpaired) electrons. The number of thiophene rings is 1. The normalized spacial score (nSPS) is 11.9. The fourth-order valence-electron chi connectivity index (χ4n) is 1.85. The van der Waals surface area contributed by atoms with Crippen LogP contribution in [-0.4, -0.2) is 28.9 Å². The van der Waals surface area contributed by atoms with Gasteiger partial charge in [-0.05, 0) is 42.6 Å². The molecule has 1 amide bonds. The van der Waals surface area contributed by atoms with Crippen LogP contribution in [0.3, 0.4) is 0 Å². The Bertz CT molecular complexity index is 605. The standard InChI is InChI=1S/C15H15NO3S/c1-10(13-4-3-9-20-13)16(2)14(17)11-5-7-12(8-6-11)15(18)19/h3-10H,1-2H3,(H,18,19). The lowest BCUT2D eigenvalue weighted by Gasteiger charge is -2.24. The van der Waals surface area contributed by atoms with Crippen LogP contribution < -0.4 is 0 Å². The van der Waals surface area contributed by atoms with E-state index in [0.717, 1.165) is 4.88 Å². The molecule has 0 fully saturated rings. The van der Waals surface area contributed by atoms with Crippen molar-refractivity contribution in [3.05, 3.63) is 57.8 Å². The van der Waals surface area contributed by atoms with E-state index in [1.807, 2.05) is 24.4 Å². The van der Waals surface area contributed by atoms with Crippen molar-refractivity contribution in [3.8, 4) is 0 Å². The number of carbonyl (C=O) groups is 2. The van der Waals surface area contributed by atoms with Gasteiger partial charge in [-0.3, -0.25) is 4.79 Å². The van der Waals surface area contributed by atoms with E-state index in [2.05, 4.69) is 0 Å². The number of hydrogen-bond acceptors (Lipinski definition) is 3. The number of rotatable bonds is 4. The Morgan fingerprint density at radius 2 is 1.75 bits per heavy atom. The summed E-state index contributed by atoms with van der Waals surface area (Å²) < 4.78 is 0. The maximum Gasteiger partial charge on any atom is 0.335 e. The molecule has 20 heavy (non-hydrogen) atoms. The van der Waals surface area contributed by atoms with Gasteiger partial charge in [0.2, 0.25) is 0 Å². The fraction of sp³-hybridized carbons (Fsp3) is 0.200. The summed E-state index contributed by atoms with van der Waals surface area (Å²) in [7, 11) is 1.75. The molecular weight excluding hydrogens is 274 g/mol. The molecule has 0 aliphatic heterocycles. The van der Waals surface area contributed by atoms with Gasteiger partial charge < -0.3 is 10.0 Å². The summed E-state index contributed by atoms with van der Waals surface area (Å²) in [6.07, 6.45) is 0. The second-order valence-electron chi connectivity index (χ2n) is 4.49. The zero-order chi connectivity index (χ0) is 14.7. The zero-order valence-electron chi connectivity index (χ0n) is 11.2. The fourth-order valence-corrected chi connectivity index (χ4v) is 2.68. The number of aromatic carboxylic acids is 1. The van der Waals surface area contributed by atoms with E-state index in [1.54, 1.807) is 35.4 Å². The molecule has 0 spiro atoms. The monoisotopic (exact) mass is 289 g/mol. The van der Waals surface area contributed by atoms with Gasteiger partial charge in [-0.15, -0.1) is 11.3 Å². The minimum atomic E-state index is -0.996. The van der Waals surface area contributed by atoms with E-state index >= 15 is 0 Å². The first-order valence-corrected chi connectivity index (χ1v) is 7.02. The molecule has 2 aromatic rings. The average Bonchev–Trinajstić information content (AvgIpc) is 2.99. The van der Waals surface area contributed by atoms with Crippen LogP contribution in [0.4, 0.5) is 0 Å². The molecule has 1 N–H and O–H groups in total. The minimum Gasteiger partial charge on any atom is -0.478 e. The van der Waals surface area contributed by atoms with Crippen molar-refractivity contribution in [2.75, 3.05) is 7.05 Å². The van der Waals surface area contributed by atoms with Crippen LogP contribution >= 0.6 is 11.3 Å². The number of benzene rings is 1. The Morgan fingerprint density at radius 3 is 2.25 bits per heavy atom. The van der Waals surface area contributed by atoms with E-state index in [1.165, 1.54) is 12.1 Å². The number of amides is 1. The van der Waals surface area contributed by atoms with Crippen LogP contribution in [0.25, 0.3) is 0 Å². The molecule has 0 saturated heterocycles. The van der Waals surface area contributed by atoms with Crippen molar-refractivity contribution in [2.45, 2.75) is 13.0 Å². The van der Waals surface area contributed by atoms with Gasteiger partial charge in [0.1, 0.15) is 0 Å². The van der Waals surface area contributed by atoms with Crippen molar-refractivity contribution < 1.29 is 14.7 Å². The third-order valence-electron chi connectivity index (χ3n) is 3.24. The van der Waals surface area contributed by atoms with Crippen LogP contribution in [0.1, 0.15) is 38.6 Å². The Labute approximate surface area is 121 Å². The largest absolute Gasteiger partial charge is 0.478 e. The van der Waals surface area contributed by atoms with Crippen LogP contribution in [0.15, 0.2) is 41.8 Å². The van der Waals surface area contributed by atoms with Crippen molar-refractivity contribution in [1.29, 1.82) is 0 Å². The maximum absolute atomic E-state index is 12.3. The van der Waals surface area contributed by atoms with Crippen molar-refractivity contribution in [2.24, 2.45) is 0 Å². The molecule has 0 aliphatic rings. The molecule has 0 aliphatic carbocycles. The quantitative estimate of drug-likeness (QED) is 0.939. The van der Waals surface area contributed by atoms with E-state index < -0.39 is 5.97 Å². The molecule has 1 aromatic heterocycles. The van der Waals surface area contributed by atoms with Gasteiger partial charge in [0.25, 0.3) is 5.91 Å². The molecule has 1 unspecified atom stereocenters. The highest BCUT2D eigenvalue weighted by molar-refractivity contribution is 7.10. The molecule has 1 atom stereocenters.